The molecule has 6 nitrogen and oxygen atoms in total. The Bertz CT molecular complexity index is 295. The average Bonchev–Trinajstić information content (AvgIpc) is 2.11. The Hall–Kier alpha value is -0.920. The van der Waals surface area contributed by atoms with Crippen molar-refractivity contribution < 1.29 is 22.6 Å². The first-order chi connectivity index (χ1) is 6.37. The van der Waals surface area contributed by atoms with E-state index in [-0.39, 0.29) is 12.2 Å². The first-order valence-electron chi connectivity index (χ1n) is 3.89. The van der Waals surface area contributed by atoms with Crippen molar-refractivity contribution in [2.24, 2.45) is 0 Å². The lowest BCUT2D eigenvalue weighted by molar-refractivity contribution is -0.122. The molecule has 14 heavy (non-hydrogen) atoms. The van der Waals surface area contributed by atoms with Crippen LogP contribution in [0.4, 0.5) is 0 Å². The van der Waals surface area contributed by atoms with Crippen LogP contribution in [0, 0.1) is 0 Å². The van der Waals surface area contributed by atoms with Gasteiger partial charge in [0.15, 0.2) is 0 Å². The lowest BCUT2D eigenvalue weighted by atomic mass is 10.3. The number of hydroxylamine groups is 1. The number of carbonyl (C=O) groups excluding carboxylic acids is 1. The maximum Gasteiger partial charge on any atom is 0.288 e. The maximum atomic E-state index is 11.0. The van der Waals surface area contributed by atoms with Gasteiger partial charge in [-0.2, -0.15) is 8.42 Å². The topological polar surface area (TPSA) is 92.7 Å². The van der Waals surface area contributed by atoms with Crippen LogP contribution < -0.4 is 5.48 Å². The van der Waals surface area contributed by atoms with Crippen LogP contribution in [-0.2, 0) is 19.2 Å². The molecule has 1 atom stereocenters. The van der Waals surface area contributed by atoms with Crippen LogP contribution in [-0.4, -0.2) is 31.3 Å². The zero-order valence-electron chi connectivity index (χ0n) is 7.76. The minimum Gasteiger partial charge on any atom is -0.393 e. The highest BCUT2D eigenvalue weighted by atomic mass is 32.2. The minimum absolute atomic E-state index is 0.0479. The summed E-state index contributed by atoms with van der Waals surface area (Å²) in [5, 5.41) is 8.82. The van der Waals surface area contributed by atoms with Gasteiger partial charge in [0.2, 0.25) is 0 Å². The Morgan fingerprint density at radius 1 is 1.71 bits per heavy atom. The van der Waals surface area contributed by atoms with Gasteiger partial charge >= 0.3 is 0 Å². The Labute approximate surface area is 82.6 Å². The summed E-state index contributed by atoms with van der Waals surface area (Å²) in [6, 6.07) is 0. The Balaban J connectivity index is 3.96. The second kappa shape index (κ2) is 5.74. The molecule has 7 heteroatoms. The van der Waals surface area contributed by atoms with E-state index in [0.29, 0.717) is 0 Å². The summed E-state index contributed by atoms with van der Waals surface area (Å²) in [5.74, 6) is -1.10. The highest BCUT2D eigenvalue weighted by Gasteiger charge is 2.13. The van der Waals surface area contributed by atoms with Crippen LogP contribution >= 0.6 is 0 Å². The summed E-state index contributed by atoms with van der Waals surface area (Å²) in [6.45, 7) is 4.56. The zero-order valence-corrected chi connectivity index (χ0v) is 8.58. The number of aliphatic hydroxyl groups is 1. The van der Waals surface area contributed by atoms with Crippen molar-refractivity contribution in [3.8, 4) is 0 Å². The number of hydrogen-bond donors (Lipinski definition) is 2. The largest absolute Gasteiger partial charge is 0.393 e. The third kappa shape index (κ3) is 6.58. The van der Waals surface area contributed by atoms with E-state index in [1.807, 2.05) is 0 Å². The monoisotopic (exact) mass is 223 g/mol. The number of hydrogen-bond acceptors (Lipinski definition) is 5. The molecule has 0 aliphatic carbocycles. The predicted octanol–water partition coefficient (Wildman–Crippen LogP) is -0.679. The summed E-state index contributed by atoms with van der Waals surface area (Å²) in [7, 11) is -3.82. The van der Waals surface area contributed by atoms with E-state index in [9.17, 15) is 13.2 Å². The van der Waals surface area contributed by atoms with Gasteiger partial charge in [0.1, 0.15) is 0 Å². The Morgan fingerprint density at radius 3 is 2.71 bits per heavy atom. The summed E-state index contributed by atoms with van der Waals surface area (Å²) in [6.07, 6.45) is 0.194. The second-order valence-corrected chi connectivity index (χ2v) is 4.34. The molecule has 0 saturated heterocycles. The number of rotatable bonds is 6. The first-order valence-corrected chi connectivity index (χ1v) is 5.46. The van der Waals surface area contributed by atoms with Gasteiger partial charge in [-0.15, -0.1) is 4.28 Å². The molecule has 0 spiro atoms. The maximum absolute atomic E-state index is 11.0. The number of aliphatic hydroxyl groups excluding tert-OH is 1. The van der Waals surface area contributed by atoms with E-state index in [0.717, 1.165) is 6.08 Å². The SMILES string of the molecule is C=CC(=O)NOS(=O)(=O)CCC(C)O. The molecule has 0 aromatic heterocycles. The molecule has 0 fully saturated rings. The van der Waals surface area contributed by atoms with E-state index < -0.39 is 22.1 Å². The van der Waals surface area contributed by atoms with Crippen LogP contribution in [0.2, 0.25) is 0 Å². The van der Waals surface area contributed by atoms with Gasteiger partial charge in [0.05, 0.1) is 11.9 Å². The predicted molar refractivity (Wildman–Crippen MR) is 49.5 cm³/mol. The summed E-state index contributed by atoms with van der Waals surface area (Å²) in [4.78, 5) is 10.5. The fraction of sp³-hybridized carbons (Fsp3) is 0.571. The summed E-state index contributed by atoms with van der Waals surface area (Å²) >= 11 is 0. The van der Waals surface area contributed by atoms with Crippen LogP contribution in [0.3, 0.4) is 0 Å². The standard InChI is InChI=1S/C7H13NO5S/c1-3-7(10)8-13-14(11,12)5-4-6(2)9/h3,6,9H,1,4-5H2,2H3,(H,8,10). The molecule has 82 valence electrons. The molecular formula is C7H13NO5S. The molecular weight excluding hydrogens is 210 g/mol. The fourth-order valence-corrected chi connectivity index (χ4v) is 1.42. The lowest BCUT2D eigenvalue weighted by Gasteiger charge is -2.05. The molecule has 1 amide bonds. The van der Waals surface area contributed by atoms with Gasteiger partial charge in [-0.25, -0.2) is 5.48 Å². The third-order valence-electron chi connectivity index (χ3n) is 1.24. The van der Waals surface area contributed by atoms with Crippen LogP contribution in [0.15, 0.2) is 12.7 Å². The van der Waals surface area contributed by atoms with Crippen LogP contribution in [0.5, 0.6) is 0 Å². The molecule has 0 radical (unpaired) electrons. The quantitative estimate of drug-likeness (QED) is 0.460. The van der Waals surface area contributed by atoms with Crippen LogP contribution in [0.1, 0.15) is 13.3 Å². The molecule has 0 bridgehead atoms. The van der Waals surface area contributed by atoms with Gasteiger partial charge in [0.25, 0.3) is 16.0 Å². The van der Waals surface area contributed by atoms with Crippen molar-refractivity contribution >= 4 is 16.0 Å². The van der Waals surface area contributed by atoms with Crippen molar-refractivity contribution in [1.82, 2.24) is 5.48 Å². The molecule has 2 N–H and O–H groups in total. The van der Waals surface area contributed by atoms with Gasteiger partial charge in [-0.3, -0.25) is 4.79 Å². The molecule has 0 saturated carbocycles. The molecule has 0 heterocycles. The first kappa shape index (κ1) is 13.1. The van der Waals surface area contributed by atoms with Crippen molar-refractivity contribution in [3.63, 3.8) is 0 Å². The molecule has 0 aromatic rings. The third-order valence-corrected chi connectivity index (χ3v) is 2.31. The van der Waals surface area contributed by atoms with Gasteiger partial charge in [0, 0.05) is 0 Å². The average molecular weight is 223 g/mol. The van der Waals surface area contributed by atoms with Crippen molar-refractivity contribution in [2.75, 3.05) is 5.75 Å². The van der Waals surface area contributed by atoms with Gasteiger partial charge in [-0.1, -0.05) is 6.58 Å². The highest BCUT2D eigenvalue weighted by molar-refractivity contribution is 7.86. The number of nitrogens with one attached hydrogen (secondary N) is 1. The van der Waals surface area contributed by atoms with E-state index in [2.05, 4.69) is 10.9 Å². The minimum atomic E-state index is -3.82. The summed E-state index contributed by atoms with van der Waals surface area (Å²) < 4.78 is 26.1. The normalized spacial score (nSPS) is 13.3. The van der Waals surface area contributed by atoms with E-state index in [1.54, 1.807) is 5.48 Å². The molecule has 0 rings (SSSR count). The Kier molecular flexibility index (Phi) is 5.36. The van der Waals surface area contributed by atoms with Crippen molar-refractivity contribution in [2.45, 2.75) is 19.4 Å². The molecule has 0 aliphatic heterocycles. The zero-order chi connectivity index (χ0) is 11.2. The van der Waals surface area contributed by atoms with Gasteiger partial charge < -0.3 is 5.11 Å². The second-order valence-electron chi connectivity index (χ2n) is 2.65. The van der Waals surface area contributed by atoms with E-state index in [1.165, 1.54) is 6.92 Å². The van der Waals surface area contributed by atoms with Crippen molar-refractivity contribution in [3.05, 3.63) is 12.7 Å². The van der Waals surface area contributed by atoms with Crippen molar-refractivity contribution in [1.29, 1.82) is 0 Å². The Morgan fingerprint density at radius 2 is 2.29 bits per heavy atom. The fourth-order valence-electron chi connectivity index (χ4n) is 0.503. The van der Waals surface area contributed by atoms with Crippen LogP contribution in [0.25, 0.3) is 0 Å². The lowest BCUT2D eigenvalue weighted by Crippen LogP contribution is -2.27. The number of amides is 1. The summed E-state index contributed by atoms with van der Waals surface area (Å²) in [5.41, 5.74) is 1.67. The molecule has 1 unspecified atom stereocenters. The molecule has 0 aromatic carbocycles. The van der Waals surface area contributed by atoms with E-state index in [4.69, 9.17) is 5.11 Å². The highest BCUT2D eigenvalue weighted by Crippen LogP contribution is 1.97. The van der Waals surface area contributed by atoms with E-state index >= 15 is 0 Å². The van der Waals surface area contributed by atoms with Gasteiger partial charge in [-0.05, 0) is 19.4 Å². The smallest absolute Gasteiger partial charge is 0.288 e. The molecule has 0 aliphatic rings. The number of carbonyl (C=O) groups is 1.